The number of nitrogens with one attached hydrogen (secondary N) is 1. The number of ether oxygens (including phenoxy) is 1. The fourth-order valence-electron chi connectivity index (χ4n) is 4.89. The summed E-state index contributed by atoms with van der Waals surface area (Å²) in [5.74, 6) is 1.05. The van der Waals surface area contributed by atoms with Gasteiger partial charge in [0, 0.05) is 19.7 Å². The Labute approximate surface area is 154 Å². The smallest absolute Gasteiger partial charge is 0.112 e. The first kappa shape index (κ1) is 15.9. The van der Waals surface area contributed by atoms with Gasteiger partial charge in [-0.25, -0.2) is 4.98 Å². The molecule has 2 heterocycles. The van der Waals surface area contributed by atoms with Crippen LogP contribution in [0.2, 0.25) is 0 Å². The third-order valence-corrected chi connectivity index (χ3v) is 6.32. The van der Waals surface area contributed by atoms with Crippen molar-refractivity contribution in [3.8, 4) is 0 Å². The lowest BCUT2D eigenvalue weighted by atomic mass is 9.82. The Kier molecular flexibility index (Phi) is 3.41. The second-order valence-corrected chi connectivity index (χ2v) is 7.94. The Morgan fingerprint density at radius 3 is 2.65 bits per heavy atom. The molecule has 5 rings (SSSR count). The normalized spacial score (nSPS) is 17.3. The van der Waals surface area contributed by atoms with Crippen molar-refractivity contribution in [3.05, 3.63) is 58.4 Å². The van der Waals surface area contributed by atoms with Crippen molar-refractivity contribution < 1.29 is 4.74 Å². The Morgan fingerprint density at radius 1 is 1.23 bits per heavy atom. The Balaban J connectivity index is 1.65. The van der Waals surface area contributed by atoms with Gasteiger partial charge in [0.15, 0.2) is 0 Å². The summed E-state index contributed by atoms with van der Waals surface area (Å²) in [4.78, 5) is 4.89. The number of anilines is 1. The maximum absolute atomic E-state index is 5.50. The van der Waals surface area contributed by atoms with Gasteiger partial charge in [-0.15, -0.1) is 0 Å². The number of nitrogens with zero attached hydrogens (tertiary/aromatic N) is 2. The summed E-state index contributed by atoms with van der Waals surface area (Å²) in [5, 5.41) is 3.97. The molecule has 1 aliphatic heterocycles. The SMILES string of the molecule is COCc1cc2c(nc(C)n2C)c2c1CCC1(Cc3ccccc3C1)N2. The van der Waals surface area contributed by atoms with E-state index >= 15 is 0 Å². The molecule has 0 atom stereocenters. The molecular formula is C22H25N3O. The molecule has 3 aromatic rings. The third-order valence-electron chi connectivity index (χ3n) is 6.32. The number of aryl methyl sites for hydroxylation is 2. The summed E-state index contributed by atoms with van der Waals surface area (Å²) >= 11 is 0. The van der Waals surface area contributed by atoms with Crippen molar-refractivity contribution >= 4 is 16.7 Å². The first-order chi connectivity index (χ1) is 12.6. The molecule has 0 saturated carbocycles. The molecule has 1 aliphatic carbocycles. The molecule has 0 amide bonds. The summed E-state index contributed by atoms with van der Waals surface area (Å²) < 4.78 is 7.68. The highest BCUT2D eigenvalue weighted by atomic mass is 16.5. The lowest BCUT2D eigenvalue weighted by Gasteiger charge is -2.38. The van der Waals surface area contributed by atoms with Crippen LogP contribution in [0.4, 0.5) is 5.69 Å². The van der Waals surface area contributed by atoms with E-state index in [0.717, 1.165) is 37.0 Å². The molecule has 1 N–H and O–H groups in total. The quantitative estimate of drug-likeness (QED) is 0.763. The minimum absolute atomic E-state index is 0.126. The number of rotatable bonds is 2. The number of methoxy groups -OCH3 is 1. The molecule has 1 aromatic heterocycles. The molecular weight excluding hydrogens is 322 g/mol. The maximum atomic E-state index is 5.50. The van der Waals surface area contributed by atoms with Gasteiger partial charge in [-0.1, -0.05) is 24.3 Å². The van der Waals surface area contributed by atoms with Crippen molar-refractivity contribution in [2.75, 3.05) is 12.4 Å². The molecule has 1 spiro atoms. The van der Waals surface area contributed by atoms with E-state index in [1.807, 2.05) is 0 Å². The fourth-order valence-corrected chi connectivity index (χ4v) is 4.89. The molecule has 2 aromatic carbocycles. The van der Waals surface area contributed by atoms with Crippen LogP contribution in [0.15, 0.2) is 30.3 Å². The molecule has 0 fully saturated rings. The number of imidazole rings is 1. The van der Waals surface area contributed by atoms with Crippen LogP contribution in [0.1, 0.15) is 34.5 Å². The number of aromatic nitrogens is 2. The van der Waals surface area contributed by atoms with E-state index in [4.69, 9.17) is 9.72 Å². The first-order valence-corrected chi connectivity index (χ1v) is 9.42. The van der Waals surface area contributed by atoms with Crippen LogP contribution in [0, 0.1) is 6.92 Å². The van der Waals surface area contributed by atoms with Crippen LogP contribution < -0.4 is 5.32 Å². The van der Waals surface area contributed by atoms with Crippen LogP contribution in [0.5, 0.6) is 0 Å². The van der Waals surface area contributed by atoms with Crippen LogP contribution >= 0.6 is 0 Å². The Morgan fingerprint density at radius 2 is 1.96 bits per heavy atom. The average molecular weight is 347 g/mol. The summed E-state index contributed by atoms with van der Waals surface area (Å²) in [6.07, 6.45) is 4.44. The molecule has 0 bridgehead atoms. The lowest BCUT2D eigenvalue weighted by Crippen LogP contribution is -2.43. The average Bonchev–Trinajstić information content (AvgIpc) is 3.13. The van der Waals surface area contributed by atoms with Gasteiger partial charge in [-0.2, -0.15) is 0 Å². The van der Waals surface area contributed by atoms with Crippen LogP contribution in [-0.2, 0) is 37.7 Å². The third kappa shape index (κ3) is 2.21. The highest BCUT2D eigenvalue weighted by molar-refractivity contribution is 5.93. The molecule has 0 radical (unpaired) electrons. The number of fused-ring (bicyclic) bond motifs is 4. The van der Waals surface area contributed by atoms with E-state index in [9.17, 15) is 0 Å². The van der Waals surface area contributed by atoms with Crippen molar-refractivity contribution in [2.45, 2.75) is 44.8 Å². The minimum atomic E-state index is 0.126. The van der Waals surface area contributed by atoms with Gasteiger partial charge in [-0.3, -0.25) is 0 Å². The van der Waals surface area contributed by atoms with Crippen molar-refractivity contribution in [2.24, 2.45) is 7.05 Å². The van der Waals surface area contributed by atoms with Gasteiger partial charge in [0.05, 0.1) is 17.8 Å². The largest absolute Gasteiger partial charge is 0.380 e. The van der Waals surface area contributed by atoms with Gasteiger partial charge in [0.1, 0.15) is 11.3 Å². The minimum Gasteiger partial charge on any atom is -0.380 e. The standard InChI is InChI=1S/C22H25N3O/c1-14-23-21-19(25(14)2)10-17(13-26-3)18-8-9-22(24-20(18)21)11-15-6-4-5-7-16(15)12-22/h4-7,10,24H,8-9,11-13H2,1-3H3. The Hall–Kier alpha value is -2.33. The number of hydrogen-bond donors (Lipinski definition) is 1. The van der Waals surface area contributed by atoms with Gasteiger partial charge in [0.25, 0.3) is 0 Å². The van der Waals surface area contributed by atoms with E-state index in [-0.39, 0.29) is 5.54 Å². The summed E-state index contributed by atoms with van der Waals surface area (Å²) in [6, 6.07) is 11.1. The van der Waals surface area contributed by atoms with E-state index in [1.165, 1.54) is 33.5 Å². The maximum Gasteiger partial charge on any atom is 0.112 e. The van der Waals surface area contributed by atoms with Crippen LogP contribution in [0.3, 0.4) is 0 Å². The number of hydrogen-bond acceptors (Lipinski definition) is 3. The first-order valence-electron chi connectivity index (χ1n) is 9.42. The summed E-state index contributed by atoms with van der Waals surface area (Å²) in [7, 11) is 3.87. The number of benzene rings is 2. The molecule has 134 valence electrons. The lowest BCUT2D eigenvalue weighted by molar-refractivity contribution is 0.184. The van der Waals surface area contributed by atoms with Crippen molar-refractivity contribution in [3.63, 3.8) is 0 Å². The topological polar surface area (TPSA) is 39.1 Å². The molecule has 2 aliphatic rings. The van der Waals surface area contributed by atoms with Gasteiger partial charge >= 0.3 is 0 Å². The zero-order chi connectivity index (χ0) is 17.9. The van der Waals surface area contributed by atoms with Gasteiger partial charge < -0.3 is 14.6 Å². The monoisotopic (exact) mass is 347 g/mol. The predicted octanol–water partition coefficient (Wildman–Crippen LogP) is 3.92. The zero-order valence-corrected chi connectivity index (χ0v) is 15.7. The molecule has 4 nitrogen and oxygen atoms in total. The zero-order valence-electron chi connectivity index (χ0n) is 15.7. The van der Waals surface area contributed by atoms with Gasteiger partial charge in [-0.05, 0) is 60.9 Å². The van der Waals surface area contributed by atoms with Crippen LogP contribution in [0.25, 0.3) is 11.0 Å². The highest BCUT2D eigenvalue weighted by Crippen LogP contribution is 2.44. The van der Waals surface area contributed by atoms with E-state index in [0.29, 0.717) is 6.61 Å². The molecule has 4 heteroatoms. The van der Waals surface area contributed by atoms with Crippen molar-refractivity contribution in [1.82, 2.24) is 9.55 Å². The second-order valence-electron chi connectivity index (χ2n) is 7.94. The van der Waals surface area contributed by atoms with E-state index < -0.39 is 0 Å². The van der Waals surface area contributed by atoms with E-state index in [1.54, 1.807) is 7.11 Å². The molecule has 0 saturated heterocycles. The van der Waals surface area contributed by atoms with E-state index in [2.05, 4.69) is 54.2 Å². The fraction of sp³-hybridized carbons (Fsp3) is 0.409. The molecule has 0 unspecified atom stereocenters. The van der Waals surface area contributed by atoms with Crippen molar-refractivity contribution in [1.29, 1.82) is 0 Å². The van der Waals surface area contributed by atoms with Gasteiger partial charge in [0.2, 0.25) is 0 Å². The second kappa shape index (κ2) is 5.58. The highest BCUT2D eigenvalue weighted by Gasteiger charge is 2.40. The Bertz CT molecular complexity index is 993. The van der Waals surface area contributed by atoms with Crippen LogP contribution in [-0.4, -0.2) is 22.2 Å². The summed E-state index contributed by atoms with van der Waals surface area (Å²) in [5.41, 5.74) is 9.31. The predicted molar refractivity (Wildman–Crippen MR) is 105 cm³/mol. The summed E-state index contributed by atoms with van der Waals surface area (Å²) in [6.45, 7) is 2.73. The molecule has 26 heavy (non-hydrogen) atoms.